The van der Waals surface area contributed by atoms with E-state index in [0.717, 1.165) is 28.9 Å². The summed E-state index contributed by atoms with van der Waals surface area (Å²) in [5, 5.41) is 18.3. The van der Waals surface area contributed by atoms with Crippen molar-refractivity contribution in [2.75, 3.05) is 0 Å². The van der Waals surface area contributed by atoms with E-state index in [9.17, 15) is 9.90 Å². The van der Waals surface area contributed by atoms with Gasteiger partial charge in [-0.1, -0.05) is 48.5 Å². The Morgan fingerprint density at radius 1 is 1.10 bits per heavy atom. The third kappa shape index (κ3) is 1.76. The quantitative estimate of drug-likeness (QED) is 0.608. The van der Waals surface area contributed by atoms with Crippen molar-refractivity contribution in [1.82, 2.24) is 10.2 Å². The lowest BCUT2D eigenvalue weighted by Crippen LogP contribution is -2.21. The van der Waals surface area contributed by atoms with Crippen molar-refractivity contribution in [3.05, 3.63) is 65.2 Å². The molecule has 1 aromatic heterocycles. The molecule has 2 aromatic carbocycles. The molecule has 4 heteroatoms. The third-order valence-corrected chi connectivity index (χ3v) is 3.92. The van der Waals surface area contributed by atoms with Crippen LogP contribution in [0.5, 0.6) is 0 Å². The molecule has 1 heterocycles. The summed E-state index contributed by atoms with van der Waals surface area (Å²) < 4.78 is 0. The molecule has 0 amide bonds. The number of H-pyrrole nitrogens is 1. The Bertz CT molecular complexity index is 847. The molecule has 3 aromatic rings. The molecule has 0 radical (unpaired) electrons. The Labute approximate surface area is 121 Å². The van der Waals surface area contributed by atoms with E-state index in [-0.39, 0.29) is 5.56 Å². The molecular formula is C17H11N2O2-. The van der Waals surface area contributed by atoms with Crippen LogP contribution in [0.1, 0.15) is 21.5 Å². The summed E-state index contributed by atoms with van der Waals surface area (Å²) in [5.41, 5.74) is 6.67. The van der Waals surface area contributed by atoms with E-state index in [1.54, 1.807) is 24.3 Å². The van der Waals surface area contributed by atoms with Crippen LogP contribution in [0, 0.1) is 0 Å². The number of hydrogen-bond donors (Lipinski definition) is 1. The first kappa shape index (κ1) is 11.9. The first-order valence-electron chi connectivity index (χ1n) is 6.71. The van der Waals surface area contributed by atoms with Gasteiger partial charge in [-0.3, -0.25) is 5.10 Å². The predicted octanol–water partition coefficient (Wildman–Crippen LogP) is 2.01. The molecular weight excluding hydrogens is 264 g/mol. The van der Waals surface area contributed by atoms with Gasteiger partial charge in [0, 0.05) is 23.1 Å². The van der Waals surface area contributed by atoms with Gasteiger partial charge < -0.3 is 9.90 Å². The minimum atomic E-state index is -1.17. The molecule has 0 spiro atoms. The fourth-order valence-electron chi connectivity index (χ4n) is 2.87. The third-order valence-electron chi connectivity index (χ3n) is 3.92. The maximum atomic E-state index is 10.8. The Balaban J connectivity index is 1.79. The first-order chi connectivity index (χ1) is 10.2. The zero-order valence-electron chi connectivity index (χ0n) is 11.1. The first-order valence-corrected chi connectivity index (χ1v) is 6.71. The molecule has 0 aliphatic heterocycles. The Morgan fingerprint density at radius 2 is 1.86 bits per heavy atom. The van der Waals surface area contributed by atoms with Crippen LogP contribution >= 0.6 is 0 Å². The summed E-state index contributed by atoms with van der Waals surface area (Å²) in [6.07, 6.45) is 0.847. The largest absolute Gasteiger partial charge is 0.545 e. The van der Waals surface area contributed by atoms with Gasteiger partial charge in [-0.2, -0.15) is 5.10 Å². The van der Waals surface area contributed by atoms with Crippen molar-refractivity contribution >= 4 is 5.97 Å². The summed E-state index contributed by atoms with van der Waals surface area (Å²) in [6, 6.07) is 14.9. The number of rotatable bonds is 2. The minimum absolute atomic E-state index is 0.175. The molecule has 0 bridgehead atoms. The van der Waals surface area contributed by atoms with E-state index in [1.165, 1.54) is 11.1 Å². The lowest BCUT2D eigenvalue weighted by atomic mass is 10.0. The number of aromatic amines is 1. The SMILES string of the molecule is O=C([O-])c1ccc(-c2n[nH]c3c2Cc2ccccc2-3)cc1. The second kappa shape index (κ2) is 4.31. The zero-order valence-corrected chi connectivity index (χ0v) is 11.1. The van der Waals surface area contributed by atoms with Gasteiger partial charge in [0.25, 0.3) is 0 Å². The monoisotopic (exact) mass is 275 g/mol. The summed E-state index contributed by atoms with van der Waals surface area (Å²) in [5.74, 6) is -1.17. The highest BCUT2D eigenvalue weighted by Crippen LogP contribution is 2.39. The van der Waals surface area contributed by atoms with Crippen LogP contribution in [-0.4, -0.2) is 16.2 Å². The number of carbonyl (C=O) groups is 1. The van der Waals surface area contributed by atoms with Gasteiger partial charge in [0.1, 0.15) is 0 Å². The molecule has 21 heavy (non-hydrogen) atoms. The van der Waals surface area contributed by atoms with Crippen molar-refractivity contribution in [2.24, 2.45) is 0 Å². The molecule has 1 N–H and O–H groups in total. The summed E-state index contributed by atoms with van der Waals surface area (Å²) in [6.45, 7) is 0. The number of carboxylic acids is 1. The molecule has 4 nitrogen and oxygen atoms in total. The summed E-state index contributed by atoms with van der Waals surface area (Å²) in [4.78, 5) is 10.8. The second-order valence-electron chi connectivity index (χ2n) is 5.12. The number of nitrogens with zero attached hydrogens (tertiary/aromatic N) is 1. The highest BCUT2D eigenvalue weighted by atomic mass is 16.4. The summed E-state index contributed by atoms with van der Waals surface area (Å²) in [7, 11) is 0. The topological polar surface area (TPSA) is 68.8 Å². The number of carbonyl (C=O) groups excluding carboxylic acids is 1. The van der Waals surface area contributed by atoms with E-state index in [0.29, 0.717) is 0 Å². The number of hydrogen-bond acceptors (Lipinski definition) is 3. The smallest absolute Gasteiger partial charge is 0.0962 e. The van der Waals surface area contributed by atoms with Gasteiger partial charge in [-0.25, -0.2) is 0 Å². The van der Waals surface area contributed by atoms with Crippen LogP contribution in [0.3, 0.4) is 0 Å². The van der Waals surface area contributed by atoms with Crippen molar-refractivity contribution in [2.45, 2.75) is 6.42 Å². The second-order valence-corrected chi connectivity index (χ2v) is 5.12. The van der Waals surface area contributed by atoms with Crippen molar-refractivity contribution in [3.63, 3.8) is 0 Å². The Hall–Kier alpha value is -2.88. The average Bonchev–Trinajstić information content (AvgIpc) is 3.06. The van der Waals surface area contributed by atoms with E-state index in [4.69, 9.17) is 0 Å². The molecule has 0 unspecified atom stereocenters. The normalized spacial score (nSPS) is 12.0. The van der Waals surface area contributed by atoms with Gasteiger partial charge in [-0.15, -0.1) is 0 Å². The highest BCUT2D eigenvalue weighted by Gasteiger charge is 2.24. The van der Waals surface area contributed by atoms with E-state index in [1.807, 2.05) is 12.1 Å². The number of nitrogens with one attached hydrogen (secondary N) is 1. The van der Waals surface area contributed by atoms with Crippen molar-refractivity contribution < 1.29 is 9.90 Å². The van der Waals surface area contributed by atoms with Crippen LogP contribution in [0.15, 0.2) is 48.5 Å². The maximum Gasteiger partial charge on any atom is 0.0962 e. The van der Waals surface area contributed by atoms with Crippen molar-refractivity contribution in [1.29, 1.82) is 0 Å². The number of fused-ring (bicyclic) bond motifs is 3. The summed E-state index contributed by atoms with van der Waals surface area (Å²) >= 11 is 0. The Kier molecular flexibility index (Phi) is 2.44. The van der Waals surface area contributed by atoms with Gasteiger partial charge in [0.05, 0.1) is 17.4 Å². The fourth-order valence-corrected chi connectivity index (χ4v) is 2.87. The lowest BCUT2D eigenvalue weighted by Gasteiger charge is -2.04. The molecule has 0 saturated carbocycles. The predicted molar refractivity (Wildman–Crippen MR) is 76.6 cm³/mol. The Morgan fingerprint density at radius 3 is 2.62 bits per heavy atom. The van der Waals surface area contributed by atoms with Crippen LogP contribution < -0.4 is 5.11 Å². The number of aromatic nitrogens is 2. The molecule has 0 saturated heterocycles. The van der Waals surface area contributed by atoms with Gasteiger partial charge in [0.2, 0.25) is 0 Å². The van der Waals surface area contributed by atoms with Crippen LogP contribution in [0.4, 0.5) is 0 Å². The van der Waals surface area contributed by atoms with E-state index < -0.39 is 5.97 Å². The average molecular weight is 275 g/mol. The highest BCUT2D eigenvalue weighted by molar-refractivity contribution is 5.87. The number of carboxylic acid groups (broad SMARTS) is 1. The van der Waals surface area contributed by atoms with Crippen molar-refractivity contribution in [3.8, 4) is 22.5 Å². The standard InChI is InChI=1S/C17H12N2O2/c20-17(21)11-7-5-10(6-8-11)15-14-9-12-3-1-2-4-13(12)16(14)19-18-15/h1-8H,9H2,(H,18,19)(H,20,21)/p-1. The molecule has 102 valence electrons. The minimum Gasteiger partial charge on any atom is -0.545 e. The molecule has 4 rings (SSSR count). The van der Waals surface area contributed by atoms with Crippen LogP contribution in [0.2, 0.25) is 0 Å². The van der Waals surface area contributed by atoms with Gasteiger partial charge >= 0.3 is 0 Å². The van der Waals surface area contributed by atoms with Crippen LogP contribution in [0.25, 0.3) is 22.5 Å². The number of aromatic carboxylic acids is 1. The molecule has 0 atom stereocenters. The van der Waals surface area contributed by atoms with E-state index in [2.05, 4.69) is 22.3 Å². The molecule has 0 fully saturated rings. The zero-order chi connectivity index (χ0) is 14.4. The molecule has 1 aliphatic rings. The lowest BCUT2D eigenvalue weighted by molar-refractivity contribution is -0.255. The maximum absolute atomic E-state index is 10.8. The molecule has 1 aliphatic carbocycles. The van der Waals surface area contributed by atoms with Gasteiger partial charge in [-0.05, 0) is 11.1 Å². The fraction of sp³-hybridized carbons (Fsp3) is 0.0588. The van der Waals surface area contributed by atoms with E-state index >= 15 is 0 Å². The van der Waals surface area contributed by atoms with Gasteiger partial charge in [0.15, 0.2) is 0 Å². The van der Waals surface area contributed by atoms with Crippen LogP contribution in [-0.2, 0) is 6.42 Å². The number of benzene rings is 2.